The number of hydrogen-bond donors (Lipinski definition) is 1. The molecule has 0 radical (unpaired) electrons. The summed E-state index contributed by atoms with van der Waals surface area (Å²) in [4.78, 5) is 21.0. The summed E-state index contributed by atoms with van der Waals surface area (Å²) in [5.41, 5.74) is 1.31. The summed E-state index contributed by atoms with van der Waals surface area (Å²) in [6.45, 7) is 1.61. The third-order valence-electron chi connectivity index (χ3n) is 4.00. The first kappa shape index (κ1) is 17.6. The number of esters is 1. The largest absolute Gasteiger partial charge is 0.457 e. The Morgan fingerprint density at radius 2 is 1.96 bits per heavy atom. The number of para-hydroxylation sites is 1. The van der Waals surface area contributed by atoms with Crippen LogP contribution in [0.15, 0.2) is 58.4 Å². The molecule has 1 aliphatic rings. The van der Waals surface area contributed by atoms with Crippen LogP contribution in [-0.2, 0) is 26.2 Å². The average Bonchev–Trinajstić information content (AvgIpc) is 3.18. The molecule has 1 N–H and O–H groups in total. The topological polar surface area (TPSA) is 97.7 Å². The Bertz CT molecular complexity index is 1140. The van der Waals surface area contributed by atoms with Crippen molar-refractivity contribution in [2.75, 3.05) is 0 Å². The maximum absolute atomic E-state index is 12.3. The fourth-order valence-corrected chi connectivity index (χ4v) is 4.83. The number of sulfonamides is 1. The quantitative estimate of drug-likeness (QED) is 0.677. The van der Waals surface area contributed by atoms with Crippen molar-refractivity contribution in [3.8, 4) is 0 Å². The van der Waals surface area contributed by atoms with Crippen LogP contribution in [0.4, 0.5) is 0 Å². The molecule has 0 spiro atoms. The highest BCUT2D eigenvalue weighted by Gasteiger charge is 2.31. The summed E-state index contributed by atoms with van der Waals surface area (Å²) in [6, 6.07) is 13.3. The van der Waals surface area contributed by atoms with Gasteiger partial charge in [0.2, 0.25) is 0 Å². The predicted molar refractivity (Wildman–Crippen MR) is 102 cm³/mol. The number of aromatic nitrogens is 1. The van der Waals surface area contributed by atoms with Gasteiger partial charge in [-0.15, -0.1) is 11.3 Å². The SMILES string of the molecule is C[C@@H](N=C1NS(=O)(=O)c2ccccc21)C(=O)OCc1nc2ccccc2s1. The van der Waals surface area contributed by atoms with Crippen LogP contribution in [0.1, 0.15) is 17.5 Å². The summed E-state index contributed by atoms with van der Waals surface area (Å²) in [5, 5.41) is 0.691. The van der Waals surface area contributed by atoms with Gasteiger partial charge in [-0.2, -0.15) is 0 Å². The molecule has 0 bridgehead atoms. The average molecular weight is 401 g/mol. The molecule has 3 aromatic rings. The molecule has 27 heavy (non-hydrogen) atoms. The third kappa shape index (κ3) is 3.43. The van der Waals surface area contributed by atoms with E-state index in [0.29, 0.717) is 10.6 Å². The highest BCUT2D eigenvalue weighted by Crippen LogP contribution is 2.24. The first-order valence-electron chi connectivity index (χ1n) is 8.15. The second-order valence-corrected chi connectivity index (χ2v) is 8.70. The molecule has 0 unspecified atom stereocenters. The zero-order chi connectivity index (χ0) is 19.0. The van der Waals surface area contributed by atoms with E-state index in [9.17, 15) is 13.2 Å². The van der Waals surface area contributed by atoms with Crippen molar-refractivity contribution in [2.24, 2.45) is 4.99 Å². The van der Waals surface area contributed by atoms with E-state index in [1.807, 2.05) is 24.3 Å². The Hall–Kier alpha value is -2.78. The third-order valence-corrected chi connectivity index (χ3v) is 6.41. The maximum Gasteiger partial charge on any atom is 0.331 e. The number of nitrogens with zero attached hydrogens (tertiary/aromatic N) is 2. The fourth-order valence-electron chi connectivity index (χ4n) is 2.71. The smallest absolute Gasteiger partial charge is 0.331 e. The second-order valence-electron chi connectivity index (χ2n) is 5.94. The lowest BCUT2D eigenvalue weighted by atomic mass is 10.2. The highest BCUT2D eigenvalue weighted by molar-refractivity contribution is 7.90. The van der Waals surface area contributed by atoms with Crippen molar-refractivity contribution >= 4 is 43.4 Å². The molecule has 138 valence electrons. The minimum Gasteiger partial charge on any atom is -0.457 e. The first-order chi connectivity index (χ1) is 12.9. The van der Waals surface area contributed by atoms with Crippen molar-refractivity contribution in [3.05, 3.63) is 59.1 Å². The molecule has 1 aromatic heterocycles. The Morgan fingerprint density at radius 3 is 2.78 bits per heavy atom. The Morgan fingerprint density at radius 1 is 1.22 bits per heavy atom. The summed E-state index contributed by atoms with van der Waals surface area (Å²) in [6.07, 6.45) is 0. The van der Waals surface area contributed by atoms with Gasteiger partial charge in [0.1, 0.15) is 23.5 Å². The van der Waals surface area contributed by atoms with Crippen molar-refractivity contribution in [3.63, 3.8) is 0 Å². The number of fused-ring (bicyclic) bond motifs is 2. The number of thiazole rings is 1. The number of carbonyl (C=O) groups is 1. The van der Waals surface area contributed by atoms with E-state index in [1.54, 1.807) is 25.1 Å². The Balaban J connectivity index is 1.47. The van der Waals surface area contributed by atoms with Gasteiger partial charge in [0, 0.05) is 5.56 Å². The van der Waals surface area contributed by atoms with E-state index in [-0.39, 0.29) is 17.3 Å². The molecule has 1 atom stereocenters. The molecule has 0 saturated carbocycles. The standard InChI is InChI=1S/C18H15N3O4S2/c1-11(19-17-12-6-2-5-9-15(12)27(23,24)21-17)18(22)25-10-16-20-13-7-3-4-8-14(13)26-16/h2-9,11H,10H2,1H3,(H,19,21)/t11-/m1/s1. The molecule has 0 saturated heterocycles. The molecule has 2 heterocycles. The van der Waals surface area contributed by atoms with Crippen LogP contribution in [0.2, 0.25) is 0 Å². The van der Waals surface area contributed by atoms with E-state index in [1.165, 1.54) is 17.4 Å². The van der Waals surface area contributed by atoms with E-state index < -0.39 is 22.0 Å². The number of ether oxygens (including phenoxy) is 1. The number of hydrogen-bond acceptors (Lipinski definition) is 7. The number of aliphatic imine (C=N–C) groups is 1. The van der Waals surface area contributed by atoms with Gasteiger partial charge in [0.25, 0.3) is 10.0 Å². The van der Waals surface area contributed by atoms with Gasteiger partial charge >= 0.3 is 5.97 Å². The van der Waals surface area contributed by atoms with Crippen molar-refractivity contribution in [1.82, 2.24) is 9.71 Å². The minimum absolute atomic E-state index is 0.0513. The molecule has 0 amide bonds. The lowest BCUT2D eigenvalue weighted by Gasteiger charge is -2.08. The van der Waals surface area contributed by atoms with Crippen molar-refractivity contribution in [2.45, 2.75) is 24.5 Å². The van der Waals surface area contributed by atoms with Crippen LogP contribution >= 0.6 is 11.3 Å². The number of amidine groups is 1. The van der Waals surface area contributed by atoms with Gasteiger partial charge in [0.15, 0.2) is 0 Å². The van der Waals surface area contributed by atoms with Crippen molar-refractivity contribution < 1.29 is 17.9 Å². The zero-order valence-corrected chi connectivity index (χ0v) is 15.9. The van der Waals surface area contributed by atoms with Gasteiger partial charge in [0.05, 0.1) is 15.1 Å². The van der Waals surface area contributed by atoms with Crippen LogP contribution in [0.3, 0.4) is 0 Å². The van der Waals surface area contributed by atoms with E-state index >= 15 is 0 Å². The van der Waals surface area contributed by atoms with Crippen molar-refractivity contribution in [1.29, 1.82) is 0 Å². The number of benzene rings is 2. The molecular weight excluding hydrogens is 386 g/mol. The normalized spacial score (nSPS) is 17.4. The monoisotopic (exact) mass is 401 g/mol. The number of nitrogens with one attached hydrogen (secondary N) is 1. The van der Waals surface area contributed by atoms with Crippen LogP contribution in [-0.4, -0.2) is 31.2 Å². The summed E-state index contributed by atoms with van der Waals surface area (Å²) in [5.74, 6) is -0.402. The molecule has 1 aliphatic heterocycles. The maximum atomic E-state index is 12.3. The molecule has 2 aromatic carbocycles. The minimum atomic E-state index is -3.64. The lowest BCUT2D eigenvalue weighted by Crippen LogP contribution is -2.26. The van der Waals surface area contributed by atoms with Crippen LogP contribution < -0.4 is 4.72 Å². The highest BCUT2D eigenvalue weighted by atomic mass is 32.2. The first-order valence-corrected chi connectivity index (χ1v) is 10.4. The van der Waals surface area contributed by atoms with Gasteiger partial charge in [-0.3, -0.25) is 9.71 Å². The fraction of sp³-hybridized carbons (Fsp3) is 0.167. The molecular formula is C18H15N3O4S2. The van der Waals surface area contributed by atoms with Gasteiger partial charge < -0.3 is 4.74 Å². The lowest BCUT2D eigenvalue weighted by molar-refractivity contribution is -0.145. The summed E-state index contributed by atoms with van der Waals surface area (Å²) >= 11 is 1.46. The van der Waals surface area contributed by atoms with Gasteiger partial charge in [-0.1, -0.05) is 24.3 Å². The molecule has 4 rings (SSSR count). The molecule has 7 nitrogen and oxygen atoms in total. The molecule has 9 heteroatoms. The molecule has 0 aliphatic carbocycles. The zero-order valence-electron chi connectivity index (χ0n) is 14.2. The number of rotatable bonds is 4. The van der Waals surface area contributed by atoms with Crippen LogP contribution in [0.5, 0.6) is 0 Å². The second kappa shape index (κ2) is 6.75. The van der Waals surface area contributed by atoms with Crippen LogP contribution in [0, 0.1) is 0 Å². The molecule has 0 fully saturated rings. The Labute approximate surface area is 159 Å². The van der Waals surface area contributed by atoms with Crippen LogP contribution in [0.25, 0.3) is 10.2 Å². The Kier molecular flexibility index (Phi) is 4.40. The van der Waals surface area contributed by atoms with E-state index in [2.05, 4.69) is 14.7 Å². The summed E-state index contributed by atoms with van der Waals surface area (Å²) in [7, 11) is -3.64. The van der Waals surface area contributed by atoms with E-state index in [4.69, 9.17) is 4.74 Å². The number of carbonyl (C=O) groups excluding carboxylic acids is 1. The van der Waals surface area contributed by atoms with Gasteiger partial charge in [-0.05, 0) is 31.2 Å². The summed E-state index contributed by atoms with van der Waals surface area (Å²) < 4.78 is 32.9. The predicted octanol–water partition coefficient (Wildman–Crippen LogP) is 2.47. The van der Waals surface area contributed by atoms with Gasteiger partial charge in [-0.25, -0.2) is 18.2 Å². The van der Waals surface area contributed by atoms with E-state index in [0.717, 1.165) is 10.2 Å².